The Balaban J connectivity index is 2.37. The molecule has 0 spiro atoms. The first-order chi connectivity index (χ1) is 11.7. The zero-order valence-electron chi connectivity index (χ0n) is 14.6. The second-order valence-electron chi connectivity index (χ2n) is 6.31. The Morgan fingerprint density at radius 3 is 2.36 bits per heavy atom. The predicted octanol–water partition coefficient (Wildman–Crippen LogP) is 1.30. The van der Waals surface area contributed by atoms with Crippen molar-refractivity contribution < 1.29 is 29.0 Å². The Hall–Kier alpha value is -2.61. The quantitative estimate of drug-likeness (QED) is 0.604. The van der Waals surface area contributed by atoms with Crippen LogP contribution in [0.2, 0.25) is 0 Å². The van der Waals surface area contributed by atoms with Gasteiger partial charge in [-0.2, -0.15) is 0 Å². The highest BCUT2D eigenvalue weighted by atomic mass is 16.6. The molecule has 0 aromatic heterocycles. The molecule has 138 valence electrons. The van der Waals surface area contributed by atoms with E-state index in [9.17, 15) is 14.4 Å². The molecule has 0 radical (unpaired) electrons. The summed E-state index contributed by atoms with van der Waals surface area (Å²) in [4.78, 5) is 34.4. The van der Waals surface area contributed by atoms with Crippen LogP contribution in [0.5, 0.6) is 0 Å². The van der Waals surface area contributed by atoms with E-state index in [1.807, 2.05) is 6.07 Å². The number of carboxylic acid groups (broad SMARTS) is 1. The number of nitrogens with one attached hydrogen (secondary N) is 2. The van der Waals surface area contributed by atoms with Crippen molar-refractivity contribution in [3.8, 4) is 0 Å². The normalized spacial score (nSPS) is 12.1. The summed E-state index contributed by atoms with van der Waals surface area (Å²) in [6.07, 6.45) is -0.852. The summed E-state index contributed by atoms with van der Waals surface area (Å²) in [6, 6.07) is 7.77. The number of alkyl carbamates (subject to hydrolysis) is 1. The Morgan fingerprint density at radius 1 is 1.16 bits per heavy atom. The number of hydrogen-bond donors (Lipinski definition) is 3. The van der Waals surface area contributed by atoms with E-state index in [1.54, 1.807) is 45.0 Å². The Labute approximate surface area is 146 Å². The van der Waals surface area contributed by atoms with E-state index < -0.39 is 29.7 Å². The second-order valence-corrected chi connectivity index (χ2v) is 6.31. The first-order valence-electron chi connectivity index (χ1n) is 7.80. The van der Waals surface area contributed by atoms with Crippen molar-refractivity contribution in [2.45, 2.75) is 39.0 Å². The van der Waals surface area contributed by atoms with Crippen LogP contribution in [0, 0.1) is 0 Å². The standard InChI is InChI=1S/C17H24N2O6/c1-17(2,3)25-14(20)10-18-9-13(15(21)22)19-16(23)24-11-12-7-5-4-6-8-12/h4-8,13,18H,9-11H2,1-3H3,(H,19,23)(H,21,22)/t13-/m0/s1. The van der Waals surface area contributed by atoms with Crippen LogP contribution in [0.1, 0.15) is 26.3 Å². The molecule has 3 N–H and O–H groups in total. The van der Waals surface area contributed by atoms with Crippen molar-refractivity contribution in [2.24, 2.45) is 0 Å². The van der Waals surface area contributed by atoms with Crippen LogP contribution in [-0.4, -0.2) is 47.9 Å². The Bertz CT molecular complexity index is 583. The van der Waals surface area contributed by atoms with E-state index >= 15 is 0 Å². The maximum atomic E-state index is 11.7. The third-order valence-corrected chi connectivity index (χ3v) is 2.84. The molecule has 0 aliphatic heterocycles. The molecule has 0 saturated carbocycles. The van der Waals surface area contributed by atoms with Crippen LogP contribution in [0.3, 0.4) is 0 Å². The summed E-state index contributed by atoms with van der Waals surface area (Å²) in [5.74, 6) is -1.75. The molecular formula is C17H24N2O6. The van der Waals surface area contributed by atoms with Gasteiger partial charge < -0.3 is 25.2 Å². The fourth-order valence-corrected chi connectivity index (χ4v) is 1.80. The van der Waals surface area contributed by atoms with Crippen LogP contribution in [-0.2, 0) is 25.7 Å². The number of amides is 1. The molecule has 25 heavy (non-hydrogen) atoms. The van der Waals surface area contributed by atoms with E-state index in [-0.39, 0.29) is 19.7 Å². The lowest BCUT2D eigenvalue weighted by Crippen LogP contribution is -2.48. The number of carbonyl (C=O) groups excluding carboxylic acids is 2. The molecule has 0 bridgehead atoms. The molecule has 0 heterocycles. The summed E-state index contributed by atoms with van der Waals surface area (Å²) < 4.78 is 10.1. The summed E-state index contributed by atoms with van der Waals surface area (Å²) in [7, 11) is 0. The van der Waals surface area contributed by atoms with Crippen LogP contribution in [0.4, 0.5) is 4.79 Å². The number of esters is 1. The fraction of sp³-hybridized carbons (Fsp3) is 0.471. The first kappa shape index (κ1) is 20.4. The molecule has 0 aliphatic rings. The summed E-state index contributed by atoms with van der Waals surface area (Å²) in [5, 5.41) is 14.0. The third kappa shape index (κ3) is 9.31. The SMILES string of the molecule is CC(C)(C)OC(=O)CNC[C@H](NC(=O)OCc1ccccc1)C(=O)O. The van der Waals surface area contributed by atoms with Crippen molar-refractivity contribution in [1.82, 2.24) is 10.6 Å². The molecule has 0 saturated heterocycles. The van der Waals surface area contributed by atoms with Gasteiger partial charge in [-0.3, -0.25) is 4.79 Å². The smallest absolute Gasteiger partial charge is 0.408 e. The number of carboxylic acids is 1. The Morgan fingerprint density at radius 2 is 1.80 bits per heavy atom. The minimum absolute atomic E-state index is 0.0321. The third-order valence-electron chi connectivity index (χ3n) is 2.84. The summed E-state index contributed by atoms with van der Waals surface area (Å²) in [5.41, 5.74) is 0.164. The van der Waals surface area contributed by atoms with Gasteiger partial charge in [-0.1, -0.05) is 30.3 Å². The molecular weight excluding hydrogens is 328 g/mol. The van der Waals surface area contributed by atoms with Gasteiger partial charge in [-0.15, -0.1) is 0 Å². The summed E-state index contributed by atoms with van der Waals surface area (Å²) >= 11 is 0. The zero-order valence-corrected chi connectivity index (χ0v) is 14.6. The first-order valence-corrected chi connectivity index (χ1v) is 7.80. The number of rotatable bonds is 8. The van der Waals surface area contributed by atoms with E-state index in [1.165, 1.54) is 0 Å². The van der Waals surface area contributed by atoms with E-state index in [0.29, 0.717) is 0 Å². The molecule has 0 aliphatic carbocycles. The fourth-order valence-electron chi connectivity index (χ4n) is 1.80. The van der Waals surface area contributed by atoms with Crippen molar-refractivity contribution >= 4 is 18.0 Å². The number of benzene rings is 1. The second kappa shape index (κ2) is 9.63. The monoisotopic (exact) mass is 352 g/mol. The van der Waals surface area contributed by atoms with Crippen molar-refractivity contribution in [3.05, 3.63) is 35.9 Å². The van der Waals surface area contributed by atoms with Crippen molar-refractivity contribution in [1.29, 1.82) is 0 Å². The Kier molecular flexibility index (Phi) is 7.87. The average Bonchev–Trinajstić information content (AvgIpc) is 2.51. The molecule has 1 atom stereocenters. The highest BCUT2D eigenvalue weighted by Crippen LogP contribution is 2.06. The summed E-state index contributed by atoms with van der Waals surface area (Å²) in [6.45, 7) is 4.92. The van der Waals surface area contributed by atoms with Crippen LogP contribution in [0.15, 0.2) is 30.3 Å². The van der Waals surface area contributed by atoms with E-state index in [4.69, 9.17) is 14.6 Å². The lowest BCUT2D eigenvalue weighted by atomic mass is 10.2. The predicted molar refractivity (Wildman–Crippen MR) is 89.9 cm³/mol. The minimum Gasteiger partial charge on any atom is -0.480 e. The van der Waals surface area contributed by atoms with Gasteiger partial charge in [-0.05, 0) is 26.3 Å². The van der Waals surface area contributed by atoms with Gasteiger partial charge in [0.2, 0.25) is 0 Å². The molecule has 1 rings (SSSR count). The minimum atomic E-state index is -1.24. The maximum absolute atomic E-state index is 11.7. The van der Waals surface area contributed by atoms with Gasteiger partial charge in [0.25, 0.3) is 0 Å². The van der Waals surface area contributed by atoms with E-state index in [2.05, 4.69) is 10.6 Å². The molecule has 0 fully saturated rings. The topological polar surface area (TPSA) is 114 Å². The number of ether oxygens (including phenoxy) is 2. The maximum Gasteiger partial charge on any atom is 0.408 e. The van der Waals surface area contributed by atoms with Gasteiger partial charge in [0, 0.05) is 6.54 Å². The zero-order chi connectivity index (χ0) is 18.9. The number of carbonyl (C=O) groups is 3. The largest absolute Gasteiger partial charge is 0.480 e. The van der Waals surface area contributed by atoms with Gasteiger partial charge in [0.05, 0.1) is 6.54 Å². The van der Waals surface area contributed by atoms with Crippen molar-refractivity contribution in [3.63, 3.8) is 0 Å². The van der Waals surface area contributed by atoms with Crippen LogP contribution in [0.25, 0.3) is 0 Å². The van der Waals surface area contributed by atoms with Gasteiger partial charge in [-0.25, -0.2) is 9.59 Å². The molecule has 8 heteroatoms. The lowest BCUT2D eigenvalue weighted by molar-refractivity contribution is -0.153. The van der Waals surface area contributed by atoms with Gasteiger partial charge in [0.1, 0.15) is 18.2 Å². The van der Waals surface area contributed by atoms with Gasteiger partial charge >= 0.3 is 18.0 Å². The van der Waals surface area contributed by atoms with E-state index in [0.717, 1.165) is 5.56 Å². The highest BCUT2D eigenvalue weighted by Gasteiger charge is 2.22. The van der Waals surface area contributed by atoms with Crippen LogP contribution >= 0.6 is 0 Å². The molecule has 1 aromatic rings. The highest BCUT2D eigenvalue weighted by molar-refractivity contribution is 5.80. The molecule has 1 aromatic carbocycles. The van der Waals surface area contributed by atoms with Crippen molar-refractivity contribution in [2.75, 3.05) is 13.1 Å². The number of hydrogen-bond acceptors (Lipinski definition) is 6. The number of aliphatic carboxylic acids is 1. The molecule has 8 nitrogen and oxygen atoms in total. The van der Waals surface area contributed by atoms with Gasteiger partial charge in [0.15, 0.2) is 0 Å². The molecule has 0 unspecified atom stereocenters. The molecule has 1 amide bonds. The van der Waals surface area contributed by atoms with Crippen LogP contribution < -0.4 is 10.6 Å². The lowest BCUT2D eigenvalue weighted by Gasteiger charge is -2.20. The average molecular weight is 352 g/mol.